The third kappa shape index (κ3) is 4.77. The number of para-hydroxylation sites is 1. The van der Waals surface area contributed by atoms with Crippen LogP contribution in [0.3, 0.4) is 0 Å². The number of nitrogens with zero attached hydrogens (tertiary/aromatic N) is 3. The molecule has 0 atom stereocenters. The van der Waals surface area contributed by atoms with E-state index in [0.717, 1.165) is 16.5 Å². The molecule has 0 bridgehead atoms. The molecule has 2 aliphatic rings. The van der Waals surface area contributed by atoms with Crippen molar-refractivity contribution >= 4 is 51.5 Å². The normalized spacial score (nSPS) is 16.5. The van der Waals surface area contributed by atoms with E-state index < -0.39 is 5.54 Å². The molecule has 1 spiro atoms. The van der Waals surface area contributed by atoms with E-state index in [1.807, 2.05) is 77.7 Å². The van der Waals surface area contributed by atoms with Crippen LogP contribution < -0.4 is 10.2 Å². The zero-order chi connectivity index (χ0) is 27.7. The summed E-state index contributed by atoms with van der Waals surface area (Å²) in [6.07, 6.45) is 0.952. The monoisotopic (exact) mass is 552 g/mol. The average Bonchev–Trinajstić information content (AvgIpc) is 3.23. The van der Waals surface area contributed by atoms with Crippen LogP contribution in [0.1, 0.15) is 23.2 Å². The minimum absolute atomic E-state index is 0.0267. The number of halogens is 1. The third-order valence-corrected chi connectivity index (χ3v) is 8.16. The van der Waals surface area contributed by atoms with Gasteiger partial charge in [0.15, 0.2) is 0 Å². The molecule has 0 aromatic heterocycles. The van der Waals surface area contributed by atoms with Gasteiger partial charge in [0.1, 0.15) is 12.1 Å². The molecule has 4 aromatic rings. The van der Waals surface area contributed by atoms with Gasteiger partial charge >= 0.3 is 0 Å². The zero-order valence-electron chi connectivity index (χ0n) is 21.9. The lowest BCUT2D eigenvalue weighted by Gasteiger charge is -2.43. The lowest BCUT2D eigenvalue weighted by Crippen LogP contribution is -2.57. The molecule has 7 nitrogen and oxygen atoms in total. The van der Waals surface area contributed by atoms with E-state index in [-0.39, 0.29) is 24.3 Å². The number of hydrogen-bond acceptors (Lipinski definition) is 4. The fourth-order valence-electron chi connectivity index (χ4n) is 5.92. The summed E-state index contributed by atoms with van der Waals surface area (Å²) in [5, 5.41) is 5.31. The smallest absolute Gasteiger partial charge is 0.254 e. The van der Waals surface area contributed by atoms with Crippen molar-refractivity contribution in [2.24, 2.45) is 0 Å². The van der Waals surface area contributed by atoms with Crippen LogP contribution in [0.25, 0.3) is 10.8 Å². The number of amides is 3. The Kier molecular flexibility index (Phi) is 6.90. The van der Waals surface area contributed by atoms with E-state index in [1.165, 1.54) is 0 Å². The van der Waals surface area contributed by atoms with E-state index in [2.05, 4.69) is 10.2 Å². The number of carbonyl (C=O) groups is 3. The summed E-state index contributed by atoms with van der Waals surface area (Å²) < 4.78 is 0. The Balaban J connectivity index is 1.22. The fourth-order valence-corrected chi connectivity index (χ4v) is 6.11. The zero-order valence-corrected chi connectivity index (χ0v) is 22.7. The van der Waals surface area contributed by atoms with Gasteiger partial charge in [-0.2, -0.15) is 0 Å². The predicted molar refractivity (Wildman–Crippen MR) is 157 cm³/mol. The summed E-state index contributed by atoms with van der Waals surface area (Å²) in [5.41, 5.74) is 1.35. The Bertz CT molecular complexity index is 1580. The second kappa shape index (κ2) is 10.7. The van der Waals surface area contributed by atoms with E-state index in [1.54, 1.807) is 29.2 Å². The molecule has 2 heterocycles. The number of anilines is 2. The lowest BCUT2D eigenvalue weighted by molar-refractivity contribution is -0.136. The topological polar surface area (TPSA) is 73.0 Å². The van der Waals surface area contributed by atoms with Gasteiger partial charge < -0.3 is 20.0 Å². The van der Waals surface area contributed by atoms with Crippen LogP contribution in [-0.2, 0) is 9.59 Å². The van der Waals surface area contributed by atoms with Crippen molar-refractivity contribution in [3.8, 4) is 0 Å². The van der Waals surface area contributed by atoms with Gasteiger partial charge in [-0.1, -0.05) is 72.3 Å². The SMILES string of the molecule is O=C(CN1CN(c2ccccc2)C2(CCN(C(=O)c3cccc4ccccc34)CC2)C1=O)Nc1cccc(Cl)c1. The summed E-state index contributed by atoms with van der Waals surface area (Å²) in [5.74, 6) is -0.403. The van der Waals surface area contributed by atoms with Crippen LogP contribution in [0.2, 0.25) is 5.02 Å². The lowest BCUT2D eigenvalue weighted by atomic mass is 9.85. The molecule has 6 rings (SSSR count). The number of carbonyl (C=O) groups excluding carboxylic acids is 3. The molecule has 0 aliphatic carbocycles. The minimum Gasteiger partial charge on any atom is -0.339 e. The molecule has 1 N–H and O–H groups in total. The van der Waals surface area contributed by atoms with E-state index >= 15 is 0 Å². The highest BCUT2D eigenvalue weighted by Gasteiger charge is 2.54. The molecule has 2 saturated heterocycles. The maximum Gasteiger partial charge on any atom is 0.254 e. The number of nitrogens with one attached hydrogen (secondary N) is 1. The van der Waals surface area contributed by atoms with Crippen LogP contribution in [0.4, 0.5) is 11.4 Å². The molecule has 8 heteroatoms. The van der Waals surface area contributed by atoms with E-state index in [0.29, 0.717) is 48.9 Å². The quantitative estimate of drug-likeness (QED) is 0.359. The minimum atomic E-state index is -0.826. The number of benzene rings is 4. The van der Waals surface area contributed by atoms with Gasteiger partial charge in [-0.25, -0.2) is 0 Å². The summed E-state index contributed by atoms with van der Waals surface area (Å²) in [6, 6.07) is 30.4. The van der Waals surface area contributed by atoms with Crippen LogP contribution in [0.5, 0.6) is 0 Å². The van der Waals surface area contributed by atoms with Crippen molar-refractivity contribution in [2.75, 3.05) is 36.5 Å². The number of piperidine rings is 1. The number of likely N-dealkylation sites (tertiary alicyclic amines) is 1. The second-order valence-electron chi connectivity index (χ2n) is 10.3. The van der Waals surface area contributed by atoms with Gasteiger partial charge in [0.05, 0.1) is 6.67 Å². The molecule has 0 radical (unpaired) electrons. The van der Waals surface area contributed by atoms with Crippen molar-refractivity contribution in [1.82, 2.24) is 9.80 Å². The Morgan fingerprint density at radius 3 is 2.33 bits per heavy atom. The molecule has 2 aliphatic heterocycles. The van der Waals surface area contributed by atoms with Gasteiger partial charge in [0, 0.05) is 35.1 Å². The number of fused-ring (bicyclic) bond motifs is 1. The highest BCUT2D eigenvalue weighted by atomic mass is 35.5. The standard InChI is InChI=1S/C32H29ClN4O3/c33-24-10-7-11-25(20-24)34-29(38)21-36-22-37(26-12-2-1-3-13-26)32(31(36)40)16-18-35(19-17-32)30(39)28-15-6-9-23-8-4-5-14-27(23)28/h1-15,20H,16-19,21-22H2,(H,34,38). The first-order valence-corrected chi connectivity index (χ1v) is 13.8. The van der Waals surface area contributed by atoms with Gasteiger partial charge in [0.2, 0.25) is 5.91 Å². The molecule has 4 aromatic carbocycles. The van der Waals surface area contributed by atoms with Crippen molar-refractivity contribution in [3.63, 3.8) is 0 Å². The highest BCUT2D eigenvalue weighted by molar-refractivity contribution is 6.30. The summed E-state index contributed by atoms with van der Waals surface area (Å²) in [6.45, 7) is 1.11. The van der Waals surface area contributed by atoms with Gasteiger partial charge in [-0.3, -0.25) is 14.4 Å². The Labute approximate surface area is 237 Å². The first-order valence-electron chi connectivity index (χ1n) is 13.4. The highest BCUT2D eigenvalue weighted by Crippen LogP contribution is 2.40. The van der Waals surface area contributed by atoms with Crippen molar-refractivity contribution < 1.29 is 14.4 Å². The third-order valence-electron chi connectivity index (χ3n) is 7.92. The second-order valence-corrected chi connectivity index (χ2v) is 10.8. The summed E-state index contributed by atoms with van der Waals surface area (Å²) >= 11 is 6.06. The molecule has 202 valence electrons. The molecular formula is C32H29ClN4O3. The Hall–Kier alpha value is -4.36. The van der Waals surface area contributed by atoms with Crippen LogP contribution >= 0.6 is 11.6 Å². The molecular weight excluding hydrogens is 524 g/mol. The fraction of sp³-hybridized carbons (Fsp3) is 0.219. The van der Waals surface area contributed by atoms with Crippen molar-refractivity contribution in [2.45, 2.75) is 18.4 Å². The van der Waals surface area contributed by atoms with Crippen LogP contribution in [-0.4, -0.2) is 59.4 Å². The predicted octanol–water partition coefficient (Wildman–Crippen LogP) is 5.41. The molecule has 0 unspecified atom stereocenters. The van der Waals surface area contributed by atoms with Gasteiger partial charge in [-0.05, 0) is 60.0 Å². The largest absolute Gasteiger partial charge is 0.339 e. The van der Waals surface area contributed by atoms with E-state index in [9.17, 15) is 14.4 Å². The van der Waals surface area contributed by atoms with Crippen LogP contribution in [0, 0.1) is 0 Å². The molecule has 40 heavy (non-hydrogen) atoms. The van der Waals surface area contributed by atoms with Crippen molar-refractivity contribution in [1.29, 1.82) is 0 Å². The molecule has 2 fully saturated rings. The van der Waals surface area contributed by atoms with Gasteiger partial charge in [0.25, 0.3) is 11.8 Å². The summed E-state index contributed by atoms with van der Waals surface area (Å²) in [7, 11) is 0. The van der Waals surface area contributed by atoms with Gasteiger partial charge in [-0.15, -0.1) is 0 Å². The summed E-state index contributed by atoms with van der Waals surface area (Å²) in [4.78, 5) is 46.1. The molecule has 3 amide bonds. The number of rotatable bonds is 5. The number of hydrogen-bond donors (Lipinski definition) is 1. The Morgan fingerprint density at radius 2 is 1.55 bits per heavy atom. The van der Waals surface area contributed by atoms with Crippen LogP contribution in [0.15, 0.2) is 97.1 Å². The maximum absolute atomic E-state index is 14.0. The Morgan fingerprint density at radius 1 is 0.850 bits per heavy atom. The maximum atomic E-state index is 14.0. The average molecular weight is 553 g/mol. The molecule has 0 saturated carbocycles. The first kappa shape index (κ1) is 25.9. The van der Waals surface area contributed by atoms with Crippen molar-refractivity contribution in [3.05, 3.63) is 108 Å². The first-order chi connectivity index (χ1) is 19.4. The van der Waals surface area contributed by atoms with E-state index in [4.69, 9.17) is 11.6 Å².